The van der Waals surface area contributed by atoms with E-state index < -0.39 is 0 Å². The Morgan fingerprint density at radius 1 is 1.11 bits per heavy atom. The van der Waals surface area contributed by atoms with Gasteiger partial charge >= 0.3 is 0 Å². The van der Waals surface area contributed by atoms with E-state index in [1.54, 1.807) is 7.05 Å². The van der Waals surface area contributed by atoms with Gasteiger partial charge in [0.15, 0.2) is 11.7 Å². The molecule has 3 N–H and O–H groups in total. The van der Waals surface area contributed by atoms with Gasteiger partial charge in [0, 0.05) is 37.8 Å². The third-order valence-electron chi connectivity index (χ3n) is 4.38. The van der Waals surface area contributed by atoms with E-state index in [9.17, 15) is 0 Å². The average Bonchev–Trinajstić information content (AvgIpc) is 3.14. The molecule has 0 aliphatic carbocycles. The van der Waals surface area contributed by atoms with Crippen LogP contribution in [0.25, 0.3) is 0 Å². The Kier molecular flexibility index (Phi) is 11.6. The molecule has 0 radical (unpaired) electrons. The highest BCUT2D eigenvalue weighted by atomic mass is 127. The van der Waals surface area contributed by atoms with Crippen molar-refractivity contribution >= 4 is 35.6 Å². The predicted molar refractivity (Wildman–Crippen MR) is 123 cm³/mol. The highest BCUT2D eigenvalue weighted by Gasteiger charge is 2.13. The van der Waals surface area contributed by atoms with Crippen LogP contribution in [0.3, 0.4) is 0 Å². The molecule has 0 saturated heterocycles. The lowest BCUT2D eigenvalue weighted by atomic mass is 9.99. The van der Waals surface area contributed by atoms with E-state index in [1.165, 1.54) is 0 Å². The number of guanidine groups is 1. The molecule has 0 unspecified atom stereocenters. The first-order valence-electron chi connectivity index (χ1n) is 9.45. The number of rotatable bonds is 10. The first kappa shape index (κ1) is 23.3. The molecule has 0 aliphatic rings. The highest BCUT2D eigenvalue weighted by molar-refractivity contribution is 14.0. The van der Waals surface area contributed by atoms with Crippen molar-refractivity contribution in [3.05, 3.63) is 47.9 Å². The van der Waals surface area contributed by atoms with Crippen molar-refractivity contribution < 1.29 is 4.52 Å². The van der Waals surface area contributed by atoms with E-state index in [0.717, 1.165) is 55.5 Å². The normalized spacial score (nSPS) is 11.2. The van der Waals surface area contributed by atoms with Gasteiger partial charge in [-0.1, -0.05) is 37.2 Å². The monoisotopic (exact) mass is 485 g/mol. The summed E-state index contributed by atoms with van der Waals surface area (Å²) in [6.45, 7) is 6.69. The largest absolute Gasteiger partial charge is 0.385 e. The highest BCUT2D eigenvalue weighted by Crippen LogP contribution is 2.22. The number of aromatic nitrogens is 1. The lowest BCUT2D eigenvalue weighted by Crippen LogP contribution is -2.37. The molecule has 150 valence electrons. The quantitative estimate of drug-likeness (QED) is 0.202. The molecule has 1 aromatic carbocycles. The van der Waals surface area contributed by atoms with Crippen molar-refractivity contribution in [3.63, 3.8) is 0 Å². The van der Waals surface area contributed by atoms with Gasteiger partial charge < -0.3 is 20.5 Å². The van der Waals surface area contributed by atoms with E-state index in [4.69, 9.17) is 4.52 Å². The lowest BCUT2D eigenvalue weighted by Gasteiger charge is -2.11. The van der Waals surface area contributed by atoms with E-state index >= 15 is 0 Å². The molecule has 0 atom stereocenters. The summed E-state index contributed by atoms with van der Waals surface area (Å²) in [6, 6.07) is 12.3. The molecule has 1 heterocycles. The SMILES string of the molecule is CCC(CC)c1cc(CNC(=NC)NCCCNc2ccccc2)on1.I. The van der Waals surface area contributed by atoms with Crippen LogP contribution < -0.4 is 16.0 Å². The van der Waals surface area contributed by atoms with Gasteiger partial charge in [0.05, 0.1) is 12.2 Å². The van der Waals surface area contributed by atoms with Crippen LogP contribution in [0.1, 0.15) is 50.5 Å². The number of nitrogens with zero attached hydrogens (tertiary/aromatic N) is 2. The van der Waals surface area contributed by atoms with E-state index in [2.05, 4.69) is 52.1 Å². The Morgan fingerprint density at radius 2 is 1.85 bits per heavy atom. The fourth-order valence-electron chi connectivity index (χ4n) is 2.79. The van der Waals surface area contributed by atoms with Gasteiger partial charge in [-0.15, -0.1) is 24.0 Å². The van der Waals surface area contributed by atoms with Gasteiger partial charge in [-0.05, 0) is 31.4 Å². The van der Waals surface area contributed by atoms with Gasteiger partial charge in [0.2, 0.25) is 0 Å². The second-order valence-corrected chi connectivity index (χ2v) is 6.23. The van der Waals surface area contributed by atoms with Crippen LogP contribution in [0.5, 0.6) is 0 Å². The number of hydrogen-bond acceptors (Lipinski definition) is 4. The van der Waals surface area contributed by atoms with Crippen LogP contribution >= 0.6 is 24.0 Å². The Morgan fingerprint density at radius 3 is 2.52 bits per heavy atom. The van der Waals surface area contributed by atoms with Crippen LogP contribution in [-0.2, 0) is 6.54 Å². The molecule has 6 nitrogen and oxygen atoms in total. The molecular weight excluding hydrogens is 453 g/mol. The lowest BCUT2D eigenvalue weighted by molar-refractivity contribution is 0.368. The summed E-state index contributed by atoms with van der Waals surface area (Å²) >= 11 is 0. The molecule has 1 aromatic heterocycles. The number of nitrogens with one attached hydrogen (secondary N) is 3. The van der Waals surface area contributed by atoms with Gasteiger partial charge in [0.25, 0.3) is 0 Å². The van der Waals surface area contributed by atoms with Gasteiger partial charge in [-0.3, -0.25) is 4.99 Å². The Hall–Kier alpha value is -1.77. The number of hydrogen-bond donors (Lipinski definition) is 3. The smallest absolute Gasteiger partial charge is 0.191 e. The van der Waals surface area contributed by atoms with Crippen molar-refractivity contribution in [1.82, 2.24) is 15.8 Å². The first-order chi connectivity index (χ1) is 12.8. The fourth-order valence-corrected chi connectivity index (χ4v) is 2.79. The molecular formula is C20H32IN5O. The zero-order chi connectivity index (χ0) is 18.6. The number of halogens is 1. The number of para-hydroxylation sites is 1. The summed E-state index contributed by atoms with van der Waals surface area (Å²) in [7, 11) is 1.77. The summed E-state index contributed by atoms with van der Waals surface area (Å²) in [5.41, 5.74) is 2.19. The Labute approximate surface area is 179 Å². The topological polar surface area (TPSA) is 74.5 Å². The minimum Gasteiger partial charge on any atom is -0.385 e. The first-order valence-corrected chi connectivity index (χ1v) is 9.45. The molecule has 2 aromatic rings. The van der Waals surface area contributed by atoms with E-state index in [0.29, 0.717) is 12.5 Å². The third-order valence-corrected chi connectivity index (χ3v) is 4.38. The molecule has 0 bridgehead atoms. The number of benzene rings is 1. The van der Waals surface area contributed by atoms with Gasteiger partial charge in [-0.2, -0.15) is 0 Å². The summed E-state index contributed by atoms with van der Waals surface area (Å²) < 4.78 is 5.43. The summed E-state index contributed by atoms with van der Waals surface area (Å²) in [4.78, 5) is 4.25. The molecule has 0 aliphatic heterocycles. The van der Waals surface area contributed by atoms with Crippen LogP contribution in [-0.4, -0.2) is 31.3 Å². The zero-order valence-corrected chi connectivity index (χ0v) is 18.8. The minimum absolute atomic E-state index is 0. The Balaban J connectivity index is 0.00000364. The van der Waals surface area contributed by atoms with Gasteiger partial charge in [0.1, 0.15) is 0 Å². The Bertz CT molecular complexity index is 655. The molecule has 0 fully saturated rings. The second-order valence-electron chi connectivity index (χ2n) is 6.23. The molecule has 27 heavy (non-hydrogen) atoms. The maximum Gasteiger partial charge on any atom is 0.191 e. The molecule has 7 heteroatoms. The van der Waals surface area contributed by atoms with Crippen molar-refractivity contribution in [2.45, 2.75) is 45.6 Å². The molecule has 2 rings (SSSR count). The fraction of sp³-hybridized carbons (Fsp3) is 0.500. The van der Waals surface area contributed by atoms with Crippen molar-refractivity contribution in [3.8, 4) is 0 Å². The summed E-state index contributed by atoms with van der Waals surface area (Å²) in [6.07, 6.45) is 3.16. The second kappa shape index (κ2) is 13.4. The maximum atomic E-state index is 5.43. The third kappa shape index (κ3) is 8.19. The minimum atomic E-state index is 0. The molecule has 0 spiro atoms. The van der Waals surface area contributed by atoms with E-state index in [-0.39, 0.29) is 24.0 Å². The van der Waals surface area contributed by atoms with Crippen LogP contribution in [0.4, 0.5) is 5.69 Å². The average molecular weight is 485 g/mol. The maximum absolute atomic E-state index is 5.43. The summed E-state index contributed by atoms with van der Waals surface area (Å²) in [5.74, 6) is 2.08. The van der Waals surface area contributed by atoms with E-state index in [1.807, 2.05) is 24.3 Å². The van der Waals surface area contributed by atoms with Crippen molar-refractivity contribution in [2.75, 3.05) is 25.5 Å². The zero-order valence-electron chi connectivity index (χ0n) is 16.5. The van der Waals surface area contributed by atoms with Crippen molar-refractivity contribution in [1.29, 1.82) is 0 Å². The van der Waals surface area contributed by atoms with Gasteiger partial charge in [-0.25, -0.2) is 0 Å². The molecule has 0 amide bonds. The summed E-state index contributed by atoms with van der Waals surface area (Å²) in [5, 5.41) is 14.2. The van der Waals surface area contributed by atoms with Crippen LogP contribution in [0.15, 0.2) is 45.9 Å². The number of anilines is 1. The van der Waals surface area contributed by atoms with Crippen LogP contribution in [0, 0.1) is 0 Å². The molecule has 0 saturated carbocycles. The predicted octanol–water partition coefficient (Wildman–Crippen LogP) is 4.36. The number of aliphatic imine (C=N–C) groups is 1. The van der Waals surface area contributed by atoms with Crippen LogP contribution in [0.2, 0.25) is 0 Å². The standard InChI is InChI=1S/C20H31N5O.HI/c1-4-16(5-2)19-14-18(26-25-19)15-24-20(21-3)23-13-9-12-22-17-10-7-6-8-11-17;/h6-8,10-11,14,16,22H,4-5,9,12-13,15H2,1-3H3,(H2,21,23,24);1H. The van der Waals surface area contributed by atoms with Crippen molar-refractivity contribution in [2.24, 2.45) is 4.99 Å².